The van der Waals surface area contributed by atoms with E-state index in [1.807, 2.05) is 0 Å². The number of aryl methyl sites for hydroxylation is 2. The molecule has 0 aliphatic carbocycles. The molecule has 2 aromatic rings. The predicted octanol–water partition coefficient (Wildman–Crippen LogP) is 5.05. The number of benzene rings is 2. The minimum Gasteiger partial charge on any atom is -0.460 e. The minimum atomic E-state index is -1.15. The molecule has 0 spiro atoms. The van der Waals surface area contributed by atoms with Crippen molar-refractivity contribution < 1.29 is 31.9 Å². The Morgan fingerprint density at radius 1 is 0.885 bits per heavy atom. The van der Waals surface area contributed by atoms with Gasteiger partial charge in [-0.15, -0.1) is 0 Å². The van der Waals surface area contributed by atoms with E-state index in [1.54, 1.807) is 6.92 Å². The quantitative estimate of drug-likeness (QED) is 0.223. The van der Waals surface area contributed by atoms with Crippen LogP contribution in [0.1, 0.15) is 28.4 Å². The molecule has 0 atom stereocenters. The summed E-state index contributed by atoms with van der Waals surface area (Å²) < 4.78 is 55.8. The summed E-state index contributed by atoms with van der Waals surface area (Å²) >= 11 is 2.94. The maximum absolute atomic E-state index is 13.2. The number of hydrogen-bond acceptors (Lipinski definition) is 3. The molecular weight excluding hydrogens is 420 g/mol. The maximum atomic E-state index is 13.2. The lowest BCUT2D eigenvalue weighted by molar-refractivity contribution is -0.137. The molecule has 0 unspecified atom stereocenters. The fourth-order valence-corrected chi connectivity index (χ4v) is 2.22. The summed E-state index contributed by atoms with van der Waals surface area (Å²) in [6.07, 6.45) is 0. The molecule has 0 heterocycles. The Morgan fingerprint density at radius 3 is 1.88 bits per heavy atom. The standard InChI is InChI=1S/C11H10F2O3.C7H5BrF2/c1-3-16-11(15)10(14)7-4-6(2)8(12)5-9(7)13;1-4-2-5(8)7(10)3-6(4)9/h4-5H,3H2,1-2H3;2-3H,1H3. The zero-order chi connectivity index (χ0) is 20.0. The van der Waals surface area contributed by atoms with Gasteiger partial charge in [0.2, 0.25) is 0 Å². The van der Waals surface area contributed by atoms with Gasteiger partial charge in [0.15, 0.2) is 0 Å². The molecule has 0 aliphatic heterocycles. The largest absolute Gasteiger partial charge is 0.460 e. The maximum Gasteiger partial charge on any atom is 0.379 e. The number of Topliss-reactive ketones (excluding diaryl/α,β-unsaturated/α-hetero) is 1. The number of ketones is 1. The van der Waals surface area contributed by atoms with Crippen LogP contribution in [0.3, 0.4) is 0 Å². The van der Waals surface area contributed by atoms with E-state index >= 15 is 0 Å². The zero-order valence-electron chi connectivity index (χ0n) is 14.1. The first-order valence-corrected chi connectivity index (χ1v) is 8.16. The summed E-state index contributed by atoms with van der Waals surface area (Å²) in [4.78, 5) is 22.4. The van der Waals surface area contributed by atoms with E-state index in [2.05, 4.69) is 20.7 Å². The van der Waals surface area contributed by atoms with Gasteiger partial charge in [-0.3, -0.25) is 4.79 Å². The highest BCUT2D eigenvalue weighted by Crippen LogP contribution is 2.19. The van der Waals surface area contributed by atoms with Gasteiger partial charge in [0.05, 0.1) is 16.6 Å². The molecule has 0 aliphatic rings. The second kappa shape index (κ2) is 9.47. The van der Waals surface area contributed by atoms with Crippen LogP contribution in [0.2, 0.25) is 0 Å². The summed E-state index contributed by atoms with van der Waals surface area (Å²) in [6.45, 7) is 4.50. The molecule has 0 saturated carbocycles. The minimum absolute atomic E-state index is 0.0202. The lowest BCUT2D eigenvalue weighted by Gasteiger charge is -2.04. The highest BCUT2D eigenvalue weighted by Gasteiger charge is 2.22. The number of esters is 1. The van der Waals surface area contributed by atoms with Crippen LogP contribution in [0.4, 0.5) is 17.6 Å². The second-order valence-electron chi connectivity index (χ2n) is 5.15. The van der Waals surface area contributed by atoms with E-state index in [-0.39, 0.29) is 12.2 Å². The molecule has 0 aromatic heterocycles. The molecule has 0 amide bonds. The van der Waals surface area contributed by atoms with Gasteiger partial charge in [-0.05, 0) is 60.0 Å². The third kappa shape index (κ3) is 5.66. The van der Waals surface area contributed by atoms with Crippen molar-refractivity contribution in [2.75, 3.05) is 6.61 Å². The number of rotatable bonds is 3. The van der Waals surface area contributed by atoms with Crippen molar-refractivity contribution in [2.24, 2.45) is 0 Å². The van der Waals surface area contributed by atoms with Crippen molar-refractivity contribution in [3.05, 3.63) is 68.7 Å². The summed E-state index contributed by atoms with van der Waals surface area (Å²) in [5.41, 5.74) is 0.0553. The van der Waals surface area contributed by atoms with Gasteiger partial charge in [0.25, 0.3) is 5.78 Å². The fourth-order valence-electron chi connectivity index (χ4n) is 1.76. The number of carbonyl (C=O) groups excluding carboxylic acids is 2. The Hall–Kier alpha value is -2.22. The fraction of sp³-hybridized carbons (Fsp3) is 0.222. The summed E-state index contributed by atoms with van der Waals surface area (Å²) in [5.74, 6) is -5.17. The molecule has 2 aromatic carbocycles. The van der Waals surface area contributed by atoms with Crippen molar-refractivity contribution in [2.45, 2.75) is 20.8 Å². The SMILES string of the molecule is CCOC(=O)C(=O)c1cc(C)c(F)cc1F.Cc1cc(Br)c(F)cc1F. The number of hydrogen-bond donors (Lipinski definition) is 0. The topological polar surface area (TPSA) is 43.4 Å². The van der Waals surface area contributed by atoms with E-state index < -0.39 is 40.6 Å². The van der Waals surface area contributed by atoms with Gasteiger partial charge < -0.3 is 4.74 Å². The molecule has 0 fully saturated rings. The lowest BCUT2D eigenvalue weighted by Crippen LogP contribution is -2.19. The molecule has 140 valence electrons. The number of ether oxygens (including phenoxy) is 1. The molecular formula is C18H15BrF4O3. The Kier molecular flexibility index (Phi) is 7.95. The van der Waals surface area contributed by atoms with Crippen molar-refractivity contribution in [1.29, 1.82) is 0 Å². The van der Waals surface area contributed by atoms with Gasteiger partial charge in [-0.25, -0.2) is 22.4 Å². The van der Waals surface area contributed by atoms with Crippen LogP contribution in [0.15, 0.2) is 28.7 Å². The van der Waals surface area contributed by atoms with Crippen molar-refractivity contribution in [3.63, 3.8) is 0 Å². The average molecular weight is 435 g/mol. The number of halogens is 5. The Bertz CT molecular complexity index is 787. The molecule has 8 heteroatoms. The van der Waals surface area contributed by atoms with Gasteiger partial charge in [-0.2, -0.15) is 0 Å². The molecule has 26 heavy (non-hydrogen) atoms. The molecule has 0 N–H and O–H groups in total. The van der Waals surface area contributed by atoms with Gasteiger partial charge >= 0.3 is 5.97 Å². The molecule has 0 saturated heterocycles. The van der Waals surface area contributed by atoms with Crippen molar-refractivity contribution >= 4 is 27.7 Å². The Morgan fingerprint density at radius 2 is 1.38 bits per heavy atom. The summed E-state index contributed by atoms with van der Waals surface area (Å²) in [5, 5.41) is 0. The monoisotopic (exact) mass is 434 g/mol. The normalized spacial score (nSPS) is 10.0. The van der Waals surface area contributed by atoms with Crippen LogP contribution in [-0.4, -0.2) is 18.4 Å². The van der Waals surface area contributed by atoms with E-state index in [9.17, 15) is 27.2 Å². The van der Waals surface area contributed by atoms with E-state index in [1.165, 1.54) is 19.9 Å². The molecule has 2 rings (SSSR count). The van der Waals surface area contributed by atoms with Crippen LogP contribution in [0, 0.1) is 37.1 Å². The molecule has 3 nitrogen and oxygen atoms in total. The van der Waals surface area contributed by atoms with Crippen LogP contribution in [0.5, 0.6) is 0 Å². The first-order chi connectivity index (χ1) is 12.1. The summed E-state index contributed by atoms with van der Waals surface area (Å²) in [7, 11) is 0. The summed E-state index contributed by atoms with van der Waals surface area (Å²) in [6, 6.07) is 3.83. The smallest absolute Gasteiger partial charge is 0.379 e. The Labute approximate surface area is 156 Å². The van der Waals surface area contributed by atoms with Crippen LogP contribution in [0.25, 0.3) is 0 Å². The molecule has 0 bridgehead atoms. The predicted molar refractivity (Wildman–Crippen MR) is 90.9 cm³/mol. The van der Waals surface area contributed by atoms with Crippen LogP contribution < -0.4 is 0 Å². The highest BCUT2D eigenvalue weighted by molar-refractivity contribution is 9.10. The van der Waals surface area contributed by atoms with Crippen LogP contribution >= 0.6 is 15.9 Å². The van der Waals surface area contributed by atoms with Gasteiger partial charge in [0, 0.05) is 12.1 Å². The third-order valence-corrected chi connectivity index (χ3v) is 3.76. The highest BCUT2D eigenvalue weighted by atomic mass is 79.9. The Balaban J connectivity index is 0.000000289. The lowest BCUT2D eigenvalue weighted by atomic mass is 10.1. The van der Waals surface area contributed by atoms with E-state index in [0.717, 1.165) is 12.1 Å². The second-order valence-corrected chi connectivity index (χ2v) is 6.00. The van der Waals surface area contributed by atoms with E-state index in [4.69, 9.17) is 0 Å². The first-order valence-electron chi connectivity index (χ1n) is 7.36. The van der Waals surface area contributed by atoms with E-state index in [0.29, 0.717) is 16.1 Å². The zero-order valence-corrected chi connectivity index (χ0v) is 15.7. The first kappa shape index (κ1) is 21.8. The van der Waals surface area contributed by atoms with Crippen LogP contribution in [-0.2, 0) is 9.53 Å². The number of carbonyl (C=O) groups is 2. The average Bonchev–Trinajstić information content (AvgIpc) is 2.56. The molecule has 0 radical (unpaired) electrons. The van der Waals surface area contributed by atoms with Crippen molar-refractivity contribution in [3.8, 4) is 0 Å². The van der Waals surface area contributed by atoms with Crippen molar-refractivity contribution in [1.82, 2.24) is 0 Å². The van der Waals surface area contributed by atoms with Gasteiger partial charge in [-0.1, -0.05) is 0 Å². The van der Waals surface area contributed by atoms with Gasteiger partial charge in [0.1, 0.15) is 23.3 Å². The third-order valence-electron chi connectivity index (χ3n) is 3.16.